The van der Waals surface area contributed by atoms with Crippen molar-refractivity contribution in [3.63, 3.8) is 0 Å². The maximum Gasteiger partial charge on any atom is 0.215 e. The SMILES string of the molecule is C=C1/C=C\C=C/C/N=C(/n2c3ccccc3c3c4oc5ccccc5c4ccc32)N1c1ccccc1. The van der Waals surface area contributed by atoms with Gasteiger partial charge in [-0.3, -0.25) is 9.47 Å². The molecular formula is C32H23N3O. The predicted octanol–water partition coefficient (Wildman–Crippen LogP) is 8.04. The molecule has 0 atom stereocenters. The van der Waals surface area contributed by atoms with E-state index < -0.39 is 0 Å². The van der Waals surface area contributed by atoms with Gasteiger partial charge in [0.2, 0.25) is 5.96 Å². The number of furan rings is 1. The second-order valence-corrected chi connectivity index (χ2v) is 8.88. The van der Waals surface area contributed by atoms with Crippen LogP contribution in [0.4, 0.5) is 5.69 Å². The molecule has 0 bridgehead atoms. The maximum atomic E-state index is 6.47. The summed E-state index contributed by atoms with van der Waals surface area (Å²) in [6.45, 7) is 4.96. The van der Waals surface area contributed by atoms with E-state index in [1.807, 2.05) is 48.6 Å². The first kappa shape index (κ1) is 20.5. The van der Waals surface area contributed by atoms with Crippen LogP contribution in [-0.4, -0.2) is 17.1 Å². The van der Waals surface area contributed by atoms with E-state index in [1.165, 1.54) is 0 Å². The van der Waals surface area contributed by atoms with Crippen molar-refractivity contribution >= 4 is 55.4 Å². The average Bonchev–Trinajstić information content (AvgIpc) is 3.48. The van der Waals surface area contributed by atoms with Crippen LogP contribution in [0.3, 0.4) is 0 Å². The molecule has 0 unspecified atom stereocenters. The number of aliphatic imine (C=N–C) groups is 1. The molecular weight excluding hydrogens is 442 g/mol. The van der Waals surface area contributed by atoms with Crippen LogP contribution in [0.2, 0.25) is 0 Å². The lowest BCUT2D eigenvalue weighted by molar-refractivity contribution is 0.673. The molecule has 4 heteroatoms. The van der Waals surface area contributed by atoms with Gasteiger partial charge in [-0.05, 0) is 42.5 Å². The summed E-state index contributed by atoms with van der Waals surface area (Å²) in [5, 5.41) is 4.46. The smallest absolute Gasteiger partial charge is 0.215 e. The molecule has 0 amide bonds. The molecule has 0 saturated heterocycles. The Bertz CT molecular complexity index is 1880. The summed E-state index contributed by atoms with van der Waals surface area (Å²) >= 11 is 0. The van der Waals surface area contributed by atoms with E-state index in [4.69, 9.17) is 9.41 Å². The number of anilines is 1. The van der Waals surface area contributed by atoms with Crippen LogP contribution in [0.1, 0.15) is 0 Å². The van der Waals surface area contributed by atoms with Crippen molar-refractivity contribution in [2.75, 3.05) is 11.4 Å². The molecule has 0 spiro atoms. The molecule has 0 fully saturated rings. The Labute approximate surface area is 208 Å². The normalized spacial score (nSPS) is 17.7. The van der Waals surface area contributed by atoms with Crippen molar-refractivity contribution in [2.45, 2.75) is 0 Å². The van der Waals surface area contributed by atoms with Crippen LogP contribution in [0, 0.1) is 0 Å². The van der Waals surface area contributed by atoms with Crippen LogP contribution in [-0.2, 0) is 0 Å². The van der Waals surface area contributed by atoms with Crippen molar-refractivity contribution < 1.29 is 4.42 Å². The highest BCUT2D eigenvalue weighted by Gasteiger charge is 2.24. The summed E-state index contributed by atoms with van der Waals surface area (Å²) in [4.78, 5) is 7.23. The molecule has 36 heavy (non-hydrogen) atoms. The third kappa shape index (κ3) is 3.05. The van der Waals surface area contributed by atoms with Crippen LogP contribution in [0.25, 0.3) is 43.7 Å². The van der Waals surface area contributed by atoms with E-state index >= 15 is 0 Å². The van der Waals surface area contributed by atoms with Crippen molar-refractivity contribution in [1.82, 2.24) is 4.57 Å². The van der Waals surface area contributed by atoms with Crippen molar-refractivity contribution in [3.05, 3.63) is 128 Å². The van der Waals surface area contributed by atoms with Gasteiger partial charge in [-0.25, -0.2) is 4.99 Å². The third-order valence-electron chi connectivity index (χ3n) is 6.76. The van der Waals surface area contributed by atoms with E-state index in [1.54, 1.807) is 0 Å². The summed E-state index contributed by atoms with van der Waals surface area (Å²) in [6, 6.07) is 31.3. The molecule has 3 heterocycles. The second kappa shape index (κ2) is 8.14. The number of rotatable bonds is 1. The quantitative estimate of drug-likeness (QED) is 0.246. The molecule has 6 aromatic rings. The highest BCUT2D eigenvalue weighted by atomic mass is 16.3. The zero-order valence-corrected chi connectivity index (χ0v) is 19.6. The summed E-state index contributed by atoms with van der Waals surface area (Å²) in [6.07, 6.45) is 8.12. The first-order valence-corrected chi connectivity index (χ1v) is 12.1. The van der Waals surface area contributed by atoms with E-state index in [9.17, 15) is 0 Å². The minimum atomic E-state index is 0.553. The molecule has 4 aromatic carbocycles. The van der Waals surface area contributed by atoms with Crippen LogP contribution in [0.15, 0.2) is 137 Å². The lowest BCUT2D eigenvalue weighted by Crippen LogP contribution is -2.35. The van der Waals surface area contributed by atoms with Gasteiger partial charge < -0.3 is 4.42 Å². The minimum absolute atomic E-state index is 0.553. The third-order valence-corrected chi connectivity index (χ3v) is 6.76. The Morgan fingerprint density at radius 3 is 2.39 bits per heavy atom. The first-order chi connectivity index (χ1) is 17.8. The fraction of sp³-hybridized carbons (Fsp3) is 0.0312. The largest absolute Gasteiger partial charge is 0.455 e. The zero-order valence-electron chi connectivity index (χ0n) is 19.6. The van der Waals surface area contributed by atoms with E-state index in [-0.39, 0.29) is 0 Å². The standard InChI is InChI=1S/C32H23N3O/c1-22-12-4-3-11-21-33-32(34(22)23-13-5-2-6-14-23)35-27-17-9-7-16-26(27)30-28(35)20-19-25-24-15-8-10-18-29(24)36-31(25)30/h2-20H,1,21H2/b11-3-,12-4-,33-32+. The zero-order chi connectivity index (χ0) is 24.1. The fourth-order valence-electron chi connectivity index (χ4n) is 5.19. The number of hydrogen-bond donors (Lipinski definition) is 0. The second-order valence-electron chi connectivity index (χ2n) is 8.88. The molecule has 0 aliphatic carbocycles. The van der Waals surface area contributed by atoms with Gasteiger partial charge in [-0.2, -0.15) is 0 Å². The Hall–Kier alpha value is -4.83. The van der Waals surface area contributed by atoms with Crippen molar-refractivity contribution in [3.8, 4) is 0 Å². The lowest BCUT2D eigenvalue weighted by atomic mass is 10.1. The number of nitrogens with zero attached hydrogens (tertiary/aromatic N) is 3. The molecule has 4 nitrogen and oxygen atoms in total. The Morgan fingerprint density at radius 1 is 0.722 bits per heavy atom. The number of hydrogen-bond acceptors (Lipinski definition) is 3. The minimum Gasteiger partial charge on any atom is -0.455 e. The van der Waals surface area contributed by atoms with Gasteiger partial charge in [-0.15, -0.1) is 0 Å². The molecule has 0 radical (unpaired) electrons. The number of allylic oxidation sites excluding steroid dienone is 3. The first-order valence-electron chi connectivity index (χ1n) is 12.1. The number of aromatic nitrogens is 1. The summed E-state index contributed by atoms with van der Waals surface area (Å²) in [5.41, 5.74) is 5.75. The number of fused-ring (bicyclic) bond motifs is 7. The molecule has 1 aliphatic rings. The average molecular weight is 466 g/mol. The van der Waals surface area contributed by atoms with Gasteiger partial charge in [0.15, 0.2) is 0 Å². The molecule has 172 valence electrons. The van der Waals surface area contributed by atoms with Gasteiger partial charge in [0.1, 0.15) is 11.2 Å². The Balaban J connectivity index is 1.60. The van der Waals surface area contributed by atoms with Gasteiger partial charge in [0.05, 0.1) is 23.0 Å². The summed E-state index contributed by atoms with van der Waals surface area (Å²) < 4.78 is 8.70. The molecule has 2 aromatic heterocycles. The topological polar surface area (TPSA) is 33.7 Å². The summed E-state index contributed by atoms with van der Waals surface area (Å²) in [5.74, 6) is 0.795. The Kier molecular flexibility index (Phi) is 4.64. The number of para-hydroxylation sites is 3. The van der Waals surface area contributed by atoms with Gasteiger partial charge in [0, 0.05) is 27.5 Å². The highest BCUT2D eigenvalue weighted by molar-refractivity contribution is 6.26. The van der Waals surface area contributed by atoms with Crippen molar-refractivity contribution in [1.29, 1.82) is 0 Å². The fourth-order valence-corrected chi connectivity index (χ4v) is 5.19. The van der Waals surface area contributed by atoms with Gasteiger partial charge in [0.25, 0.3) is 0 Å². The van der Waals surface area contributed by atoms with Crippen LogP contribution in [0.5, 0.6) is 0 Å². The molecule has 1 aliphatic heterocycles. The molecule has 0 saturated carbocycles. The van der Waals surface area contributed by atoms with Crippen LogP contribution >= 0.6 is 0 Å². The van der Waals surface area contributed by atoms with E-state index in [0.717, 1.165) is 61.1 Å². The number of benzene rings is 4. The van der Waals surface area contributed by atoms with Gasteiger partial charge >= 0.3 is 0 Å². The van der Waals surface area contributed by atoms with Gasteiger partial charge in [-0.1, -0.05) is 79.4 Å². The summed E-state index contributed by atoms with van der Waals surface area (Å²) in [7, 11) is 0. The maximum absolute atomic E-state index is 6.47. The molecule has 7 rings (SSSR count). The van der Waals surface area contributed by atoms with Crippen LogP contribution < -0.4 is 4.90 Å². The highest BCUT2D eigenvalue weighted by Crippen LogP contribution is 2.39. The monoisotopic (exact) mass is 465 g/mol. The molecule has 0 N–H and O–H groups in total. The van der Waals surface area contributed by atoms with E-state index in [0.29, 0.717) is 6.54 Å². The van der Waals surface area contributed by atoms with Crippen molar-refractivity contribution in [2.24, 2.45) is 4.99 Å². The Morgan fingerprint density at radius 2 is 1.50 bits per heavy atom. The van der Waals surface area contributed by atoms with E-state index in [2.05, 4.69) is 82.8 Å². The predicted molar refractivity (Wildman–Crippen MR) is 151 cm³/mol. The lowest BCUT2D eigenvalue weighted by Gasteiger charge is -2.28.